The fraction of sp³-hybridized carbons (Fsp3) is 0.308. The van der Waals surface area contributed by atoms with E-state index in [9.17, 15) is 4.79 Å². The van der Waals surface area contributed by atoms with E-state index in [4.69, 9.17) is 10.8 Å². The van der Waals surface area contributed by atoms with Gasteiger partial charge in [0.25, 0.3) is 0 Å². The van der Waals surface area contributed by atoms with Crippen LogP contribution in [-0.2, 0) is 4.79 Å². The smallest absolute Gasteiger partial charge is 0.158 e. The van der Waals surface area contributed by atoms with E-state index in [1.807, 2.05) is 44.2 Å². The number of hydrogen-bond acceptors (Lipinski definition) is 3. The van der Waals surface area contributed by atoms with Crippen LogP contribution in [0.2, 0.25) is 0 Å². The van der Waals surface area contributed by atoms with Crippen molar-refractivity contribution in [1.29, 1.82) is 0 Å². The summed E-state index contributed by atoms with van der Waals surface area (Å²) in [6.45, 7) is 6.96. The molecule has 1 aromatic rings. The summed E-state index contributed by atoms with van der Waals surface area (Å²) in [5.41, 5.74) is 6.57. The van der Waals surface area contributed by atoms with Crippen LogP contribution in [0.5, 0.6) is 0 Å². The average molecular weight is 223 g/mol. The molecule has 0 aliphatic carbocycles. The Kier molecular flexibility index (Phi) is 11.8. The normalized spacial score (nSPS) is 9.12. The van der Waals surface area contributed by atoms with E-state index in [-0.39, 0.29) is 5.78 Å². The molecular weight excluding hydrogens is 202 g/mol. The first-order chi connectivity index (χ1) is 7.57. The van der Waals surface area contributed by atoms with Crippen molar-refractivity contribution in [2.45, 2.75) is 27.7 Å². The van der Waals surface area contributed by atoms with Crippen molar-refractivity contribution in [2.75, 3.05) is 5.73 Å². The number of nitrogen functional groups attached to an aromatic ring is 1. The monoisotopic (exact) mass is 223 g/mol. The molecule has 3 nitrogen and oxygen atoms in total. The molecule has 0 spiro atoms. The van der Waals surface area contributed by atoms with E-state index in [1.165, 1.54) is 6.92 Å². The maximum absolute atomic E-state index is 10.1. The van der Waals surface area contributed by atoms with Crippen LogP contribution in [0.4, 0.5) is 5.69 Å². The fourth-order valence-corrected chi connectivity index (χ4v) is 0.544. The number of ketones is 1. The van der Waals surface area contributed by atoms with E-state index in [2.05, 4.69) is 0 Å². The number of carbonyl (C=O) groups excluding carboxylic acids is 1. The fourth-order valence-electron chi connectivity index (χ4n) is 0.544. The zero-order valence-electron chi connectivity index (χ0n) is 10.4. The summed E-state index contributed by atoms with van der Waals surface area (Å²) in [5, 5.41) is 8.12. The number of aliphatic hydroxyl groups is 1. The van der Waals surface area contributed by atoms with Gasteiger partial charge in [0.1, 0.15) is 0 Å². The predicted molar refractivity (Wildman–Crippen MR) is 69.3 cm³/mol. The quantitative estimate of drug-likeness (QED) is 0.436. The molecule has 0 aliphatic heterocycles. The van der Waals surface area contributed by atoms with Crippen LogP contribution >= 0.6 is 0 Å². The molecule has 0 radical (unpaired) electrons. The predicted octanol–water partition coefficient (Wildman–Crippen LogP) is 3.33. The number of para-hydroxylation sites is 1. The van der Waals surface area contributed by atoms with E-state index in [0.29, 0.717) is 5.57 Å². The molecule has 16 heavy (non-hydrogen) atoms. The van der Waals surface area contributed by atoms with Gasteiger partial charge in [-0.25, -0.2) is 0 Å². The number of carbonyl (C=O) groups is 1. The van der Waals surface area contributed by atoms with Crippen molar-refractivity contribution >= 4 is 11.5 Å². The highest BCUT2D eigenvalue weighted by Gasteiger charge is 1.91. The lowest BCUT2D eigenvalue weighted by Gasteiger charge is -1.84. The summed E-state index contributed by atoms with van der Waals surface area (Å²) >= 11 is 0. The number of nitrogens with two attached hydrogens (primary N) is 1. The number of anilines is 1. The Bertz CT molecular complexity index is 305. The molecule has 1 aromatic carbocycles. The second kappa shape index (κ2) is 11.3. The number of benzene rings is 1. The highest BCUT2D eigenvalue weighted by atomic mass is 16.2. The zero-order valence-corrected chi connectivity index (χ0v) is 10.4. The van der Waals surface area contributed by atoms with E-state index >= 15 is 0 Å². The van der Waals surface area contributed by atoms with Crippen LogP contribution in [0.25, 0.3) is 0 Å². The zero-order chi connectivity index (χ0) is 13.0. The topological polar surface area (TPSA) is 63.3 Å². The first kappa shape index (κ1) is 16.7. The first-order valence-corrected chi connectivity index (χ1v) is 5.20. The lowest BCUT2D eigenvalue weighted by molar-refractivity contribution is -0.113. The SMILES string of the molecule is CC.CC(=O)C(C)=CO.Nc1ccccc1. The molecule has 0 fully saturated rings. The van der Waals surface area contributed by atoms with Gasteiger partial charge in [-0.3, -0.25) is 4.79 Å². The summed E-state index contributed by atoms with van der Waals surface area (Å²) < 4.78 is 0. The van der Waals surface area contributed by atoms with Crippen LogP contribution in [0.15, 0.2) is 42.2 Å². The van der Waals surface area contributed by atoms with Crippen molar-refractivity contribution in [3.05, 3.63) is 42.2 Å². The van der Waals surface area contributed by atoms with Crippen LogP contribution in [-0.4, -0.2) is 10.9 Å². The van der Waals surface area contributed by atoms with Crippen molar-refractivity contribution in [2.24, 2.45) is 0 Å². The molecule has 0 atom stereocenters. The van der Waals surface area contributed by atoms with Crippen LogP contribution < -0.4 is 5.73 Å². The van der Waals surface area contributed by atoms with Crippen molar-refractivity contribution in [3.8, 4) is 0 Å². The molecule has 3 N–H and O–H groups in total. The van der Waals surface area contributed by atoms with Gasteiger partial charge in [0.15, 0.2) is 5.78 Å². The minimum Gasteiger partial charge on any atom is -0.515 e. The summed E-state index contributed by atoms with van der Waals surface area (Å²) in [6.07, 6.45) is 0.808. The van der Waals surface area contributed by atoms with Crippen molar-refractivity contribution in [1.82, 2.24) is 0 Å². The van der Waals surface area contributed by atoms with E-state index < -0.39 is 0 Å². The summed E-state index contributed by atoms with van der Waals surface area (Å²) in [5.74, 6) is -0.0949. The number of allylic oxidation sites excluding steroid dienone is 1. The minimum absolute atomic E-state index is 0.0949. The highest BCUT2D eigenvalue weighted by molar-refractivity contribution is 5.92. The van der Waals surface area contributed by atoms with Gasteiger partial charge in [0, 0.05) is 11.3 Å². The lowest BCUT2D eigenvalue weighted by Crippen LogP contribution is -1.89. The largest absolute Gasteiger partial charge is 0.515 e. The molecule has 90 valence electrons. The second-order valence-electron chi connectivity index (χ2n) is 2.78. The molecule has 3 heteroatoms. The third kappa shape index (κ3) is 10.3. The molecule has 0 saturated carbocycles. The Labute approximate surface area is 97.6 Å². The molecule has 0 heterocycles. The third-order valence-electron chi connectivity index (χ3n) is 1.55. The maximum Gasteiger partial charge on any atom is 0.158 e. The molecule has 0 amide bonds. The molecule has 1 rings (SSSR count). The Morgan fingerprint density at radius 3 is 1.75 bits per heavy atom. The maximum atomic E-state index is 10.1. The standard InChI is InChI=1S/C6H7N.C5H8O2.C2H6/c7-6-4-2-1-3-5-6;1-4(3-6)5(2)7;1-2/h1-5H,7H2;3,6H,1-2H3;1-2H3. The van der Waals surface area contributed by atoms with Crippen molar-refractivity contribution in [3.63, 3.8) is 0 Å². The van der Waals surface area contributed by atoms with Gasteiger partial charge in [-0.15, -0.1) is 0 Å². The molecular formula is C13H21NO2. The molecule has 0 aromatic heterocycles. The van der Waals surface area contributed by atoms with Crippen molar-refractivity contribution < 1.29 is 9.90 Å². The lowest BCUT2D eigenvalue weighted by atomic mass is 10.2. The molecule has 0 aliphatic rings. The summed E-state index contributed by atoms with van der Waals surface area (Å²) in [6, 6.07) is 9.49. The summed E-state index contributed by atoms with van der Waals surface area (Å²) in [4.78, 5) is 10.1. The van der Waals surface area contributed by atoms with Gasteiger partial charge in [0.2, 0.25) is 0 Å². The van der Waals surface area contributed by atoms with Gasteiger partial charge in [-0.05, 0) is 26.0 Å². The minimum atomic E-state index is -0.0949. The van der Waals surface area contributed by atoms with Crippen LogP contribution in [0.1, 0.15) is 27.7 Å². The Balaban J connectivity index is 0. The number of Topliss-reactive ketones (excluding diaryl/α,β-unsaturated/α-hetero) is 1. The van der Waals surface area contributed by atoms with Gasteiger partial charge in [0.05, 0.1) is 6.26 Å². The highest BCUT2D eigenvalue weighted by Crippen LogP contribution is 1.95. The molecule has 0 saturated heterocycles. The Hall–Kier alpha value is -1.77. The summed E-state index contributed by atoms with van der Waals surface area (Å²) in [7, 11) is 0. The number of aliphatic hydroxyl groups excluding tert-OH is 1. The molecule has 0 unspecified atom stereocenters. The average Bonchev–Trinajstić information content (AvgIpc) is 2.32. The van der Waals surface area contributed by atoms with E-state index in [0.717, 1.165) is 11.9 Å². The second-order valence-corrected chi connectivity index (χ2v) is 2.78. The Morgan fingerprint density at radius 1 is 1.19 bits per heavy atom. The number of rotatable bonds is 1. The van der Waals surface area contributed by atoms with Gasteiger partial charge in [-0.1, -0.05) is 32.0 Å². The first-order valence-electron chi connectivity index (χ1n) is 5.20. The Morgan fingerprint density at radius 2 is 1.62 bits per heavy atom. The third-order valence-corrected chi connectivity index (χ3v) is 1.55. The van der Waals surface area contributed by atoms with E-state index in [1.54, 1.807) is 6.92 Å². The number of hydrogen-bond donors (Lipinski definition) is 2. The van der Waals surface area contributed by atoms with Gasteiger partial charge >= 0.3 is 0 Å². The van der Waals surface area contributed by atoms with Gasteiger partial charge < -0.3 is 10.8 Å². The van der Waals surface area contributed by atoms with Crippen LogP contribution in [0, 0.1) is 0 Å². The van der Waals surface area contributed by atoms with Crippen LogP contribution in [0.3, 0.4) is 0 Å². The van der Waals surface area contributed by atoms with Gasteiger partial charge in [-0.2, -0.15) is 0 Å². The molecule has 0 bridgehead atoms.